The molecule has 0 aliphatic carbocycles. The molecule has 0 fully saturated rings. The van der Waals surface area contributed by atoms with Crippen molar-refractivity contribution in [1.82, 2.24) is 20.2 Å². The molecule has 2 amide bonds. The Bertz CT molecular complexity index is 811. The molecule has 0 bridgehead atoms. The number of hydrogen-bond acceptors (Lipinski definition) is 5. The van der Waals surface area contributed by atoms with Crippen LogP contribution in [0.5, 0.6) is 0 Å². The van der Waals surface area contributed by atoms with E-state index in [0.717, 1.165) is 23.2 Å². The zero-order valence-electron chi connectivity index (χ0n) is 16.3. The smallest absolute Gasteiger partial charge is 0.318 e. The number of anilines is 1. The summed E-state index contributed by atoms with van der Waals surface area (Å²) in [7, 11) is 0. The Balaban J connectivity index is 1.69. The maximum Gasteiger partial charge on any atom is 0.318 e. The first-order valence-electron chi connectivity index (χ1n) is 9.58. The Morgan fingerprint density at radius 1 is 1.32 bits per heavy atom. The monoisotopic (exact) mass is 402 g/mol. The number of nitrogens with zero attached hydrogens (tertiary/aromatic N) is 3. The van der Waals surface area contributed by atoms with Crippen LogP contribution in [0.2, 0.25) is 5.02 Å². The number of urea groups is 1. The van der Waals surface area contributed by atoms with Crippen LogP contribution in [0.1, 0.15) is 43.1 Å². The van der Waals surface area contributed by atoms with Gasteiger partial charge in [0.25, 0.3) is 0 Å². The standard InChI is InChI=1S/C20H27ClN6O/c1-13(2)24-19-23-11-15-8-10-27(12-18(15)25-19)20(28)26-17(7-9-22)14-3-5-16(21)6-4-14/h3-6,11,13,17H,7-10,12,22H2,1-2H3,(H,26,28)(H,23,24,25)/t17-/m1/s1. The van der Waals surface area contributed by atoms with Crippen LogP contribution in [0.25, 0.3) is 0 Å². The first-order chi connectivity index (χ1) is 13.5. The minimum Gasteiger partial charge on any atom is -0.352 e. The Labute approximate surface area is 170 Å². The second-order valence-electron chi connectivity index (χ2n) is 7.27. The number of nitrogens with one attached hydrogen (secondary N) is 2. The summed E-state index contributed by atoms with van der Waals surface area (Å²) in [4.78, 5) is 23.6. The van der Waals surface area contributed by atoms with E-state index in [1.165, 1.54) is 0 Å². The van der Waals surface area contributed by atoms with Gasteiger partial charge in [0.2, 0.25) is 5.95 Å². The van der Waals surface area contributed by atoms with Gasteiger partial charge in [0, 0.05) is 23.8 Å². The van der Waals surface area contributed by atoms with Crippen LogP contribution in [0.15, 0.2) is 30.5 Å². The van der Waals surface area contributed by atoms with E-state index >= 15 is 0 Å². The van der Waals surface area contributed by atoms with Gasteiger partial charge in [0.15, 0.2) is 0 Å². The SMILES string of the molecule is CC(C)Nc1ncc2c(n1)CN(C(=O)N[C@H](CCN)c1ccc(Cl)cc1)CC2. The van der Waals surface area contributed by atoms with E-state index in [1.54, 1.807) is 4.90 Å². The molecular weight excluding hydrogens is 376 g/mol. The highest BCUT2D eigenvalue weighted by atomic mass is 35.5. The molecule has 8 heteroatoms. The van der Waals surface area contributed by atoms with E-state index in [0.29, 0.717) is 37.0 Å². The third kappa shape index (κ3) is 5.11. The van der Waals surface area contributed by atoms with E-state index in [-0.39, 0.29) is 18.1 Å². The van der Waals surface area contributed by atoms with Gasteiger partial charge in [0.1, 0.15) is 0 Å². The first kappa shape index (κ1) is 20.4. The first-order valence-corrected chi connectivity index (χ1v) is 9.96. The number of fused-ring (bicyclic) bond motifs is 1. The van der Waals surface area contributed by atoms with E-state index in [1.807, 2.05) is 44.3 Å². The normalized spacial score (nSPS) is 14.5. The number of benzene rings is 1. The molecule has 28 heavy (non-hydrogen) atoms. The van der Waals surface area contributed by atoms with Crippen molar-refractivity contribution in [3.05, 3.63) is 52.3 Å². The Morgan fingerprint density at radius 2 is 2.07 bits per heavy atom. The largest absolute Gasteiger partial charge is 0.352 e. The summed E-state index contributed by atoms with van der Waals surface area (Å²) >= 11 is 5.98. The highest BCUT2D eigenvalue weighted by Crippen LogP contribution is 2.22. The van der Waals surface area contributed by atoms with Crippen LogP contribution in [-0.4, -0.2) is 40.0 Å². The molecule has 1 aromatic heterocycles. The Kier molecular flexibility index (Phi) is 6.70. The molecule has 7 nitrogen and oxygen atoms in total. The lowest BCUT2D eigenvalue weighted by molar-refractivity contribution is 0.186. The van der Waals surface area contributed by atoms with Crippen molar-refractivity contribution in [2.75, 3.05) is 18.4 Å². The molecule has 1 aromatic carbocycles. The van der Waals surface area contributed by atoms with Crippen molar-refractivity contribution in [1.29, 1.82) is 0 Å². The van der Waals surface area contributed by atoms with Gasteiger partial charge in [-0.25, -0.2) is 14.8 Å². The zero-order chi connectivity index (χ0) is 20.1. The molecule has 0 spiro atoms. The maximum atomic E-state index is 12.9. The number of amides is 2. The van der Waals surface area contributed by atoms with Gasteiger partial charge in [-0.1, -0.05) is 23.7 Å². The number of aromatic nitrogens is 2. The van der Waals surface area contributed by atoms with Crippen LogP contribution in [-0.2, 0) is 13.0 Å². The third-order valence-electron chi connectivity index (χ3n) is 4.68. The number of rotatable bonds is 6. The topological polar surface area (TPSA) is 96.2 Å². The molecular formula is C20H27ClN6O. The average Bonchev–Trinajstić information content (AvgIpc) is 2.67. The summed E-state index contributed by atoms with van der Waals surface area (Å²) in [5, 5.41) is 6.98. The minimum atomic E-state index is -0.153. The highest BCUT2D eigenvalue weighted by Gasteiger charge is 2.24. The predicted octanol–water partition coefficient (Wildman–Crippen LogP) is 3.11. The van der Waals surface area contributed by atoms with Gasteiger partial charge in [-0.2, -0.15) is 0 Å². The summed E-state index contributed by atoms with van der Waals surface area (Å²) in [6, 6.07) is 7.47. The summed E-state index contributed by atoms with van der Waals surface area (Å²) in [6.07, 6.45) is 3.25. The van der Waals surface area contributed by atoms with E-state index in [2.05, 4.69) is 20.6 Å². The van der Waals surface area contributed by atoms with Crippen molar-refractivity contribution in [2.45, 2.75) is 45.3 Å². The minimum absolute atomic E-state index is 0.115. The highest BCUT2D eigenvalue weighted by molar-refractivity contribution is 6.30. The van der Waals surface area contributed by atoms with Gasteiger partial charge in [0.05, 0.1) is 18.3 Å². The molecule has 150 valence electrons. The second-order valence-corrected chi connectivity index (χ2v) is 7.70. The molecule has 0 unspecified atom stereocenters. The molecule has 2 heterocycles. The van der Waals surface area contributed by atoms with Crippen LogP contribution >= 0.6 is 11.6 Å². The molecule has 4 N–H and O–H groups in total. The number of carbonyl (C=O) groups excluding carboxylic acids is 1. The van der Waals surface area contributed by atoms with E-state index < -0.39 is 0 Å². The average molecular weight is 403 g/mol. The molecule has 1 aliphatic rings. The third-order valence-corrected chi connectivity index (χ3v) is 4.93. The molecule has 1 atom stereocenters. The molecule has 0 saturated heterocycles. The zero-order valence-corrected chi connectivity index (χ0v) is 17.0. The van der Waals surface area contributed by atoms with Gasteiger partial charge >= 0.3 is 6.03 Å². The summed E-state index contributed by atoms with van der Waals surface area (Å²) < 4.78 is 0. The number of hydrogen-bond donors (Lipinski definition) is 3. The van der Waals surface area contributed by atoms with E-state index in [9.17, 15) is 4.79 Å². The lowest BCUT2D eigenvalue weighted by Crippen LogP contribution is -2.44. The van der Waals surface area contributed by atoms with Gasteiger partial charge < -0.3 is 21.3 Å². The summed E-state index contributed by atoms with van der Waals surface area (Å²) in [6.45, 7) is 5.66. The lowest BCUT2D eigenvalue weighted by Gasteiger charge is -2.30. The fourth-order valence-corrected chi connectivity index (χ4v) is 3.35. The van der Waals surface area contributed by atoms with Crippen molar-refractivity contribution in [2.24, 2.45) is 5.73 Å². The van der Waals surface area contributed by atoms with Crippen molar-refractivity contribution >= 4 is 23.6 Å². The molecule has 1 aliphatic heterocycles. The van der Waals surface area contributed by atoms with Gasteiger partial charge in [-0.15, -0.1) is 0 Å². The maximum absolute atomic E-state index is 12.9. The summed E-state index contributed by atoms with van der Waals surface area (Å²) in [5.41, 5.74) is 8.73. The fourth-order valence-electron chi connectivity index (χ4n) is 3.23. The molecule has 0 saturated carbocycles. The van der Waals surface area contributed by atoms with Crippen LogP contribution in [0.3, 0.4) is 0 Å². The van der Waals surface area contributed by atoms with Crippen LogP contribution < -0.4 is 16.4 Å². The van der Waals surface area contributed by atoms with Crippen LogP contribution in [0, 0.1) is 0 Å². The summed E-state index contributed by atoms with van der Waals surface area (Å²) in [5.74, 6) is 0.596. The van der Waals surface area contributed by atoms with Gasteiger partial charge in [-0.05, 0) is 56.5 Å². The Morgan fingerprint density at radius 3 is 2.75 bits per heavy atom. The number of nitrogens with two attached hydrogens (primary N) is 1. The fraction of sp³-hybridized carbons (Fsp3) is 0.450. The molecule has 2 aromatic rings. The van der Waals surface area contributed by atoms with Crippen molar-refractivity contribution in [3.8, 4) is 0 Å². The number of carbonyl (C=O) groups is 1. The second kappa shape index (κ2) is 9.21. The van der Waals surface area contributed by atoms with Crippen molar-refractivity contribution < 1.29 is 4.79 Å². The molecule has 3 rings (SSSR count). The van der Waals surface area contributed by atoms with Crippen molar-refractivity contribution in [3.63, 3.8) is 0 Å². The van der Waals surface area contributed by atoms with Gasteiger partial charge in [-0.3, -0.25) is 0 Å². The predicted molar refractivity (Wildman–Crippen MR) is 111 cm³/mol. The van der Waals surface area contributed by atoms with E-state index in [4.69, 9.17) is 17.3 Å². The quantitative estimate of drug-likeness (QED) is 0.689. The Hall–Kier alpha value is -2.38. The van der Waals surface area contributed by atoms with Crippen LogP contribution in [0.4, 0.5) is 10.7 Å². The number of halogens is 1. The lowest BCUT2D eigenvalue weighted by atomic mass is 10.0. The molecule has 0 radical (unpaired) electrons.